The summed E-state index contributed by atoms with van der Waals surface area (Å²) in [6, 6.07) is 20.8. The highest BCUT2D eigenvalue weighted by atomic mass is 127. The number of benzene rings is 2. The van der Waals surface area contributed by atoms with Gasteiger partial charge in [-0.2, -0.15) is 0 Å². The highest BCUT2D eigenvalue weighted by Gasteiger charge is 1.95. The first-order valence-electron chi connectivity index (χ1n) is 5.72. The molecule has 0 unspecified atom stereocenters. The molecule has 0 bridgehead atoms. The number of aromatic nitrogens is 1. The van der Waals surface area contributed by atoms with Crippen LogP contribution in [0.1, 0.15) is 5.56 Å². The second-order valence-electron chi connectivity index (χ2n) is 4.01. The number of nitrogens with zero attached hydrogens (tertiary/aromatic N) is 1. The molecular formula is C16H14IN. The van der Waals surface area contributed by atoms with E-state index in [9.17, 15) is 0 Å². The Morgan fingerprint density at radius 3 is 2.33 bits per heavy atom. The van der Waals surface area contributed by atoms with E-state index in [0.717, 1.165) is 0 Å². The van der Waals surface area contributed by atoms with Crippen LogP contribution >= 0.6 is 24.0 Å². The minimum atomic E-state index is 0. The van der Waals surface area contributed by atoms with Gasteiger partial charge in [-0.1, -0.05) is 48.5 Å². The SMILES string of the molecule is C(=Cn1ccc2ccccc21)c1ccccc1.I. The maximum absolute atomic E-state index is 2.14. The first-order valence-corrected chi connectivity index (χ1v) is 5.72. The van der Waals surface area contributed by atoms with Gasteiger partial charge in [-0.3, -0.25) is 0 Å². The molecule has 0 atom stereocenters. The average Bonchev–Trinajstić information content (AvgIpc) is 2.81. The van der Waals surface area contributed by atoms with Crippen LogP contribution < -0.4 is 0 Å². The molecule has 0 amide bonds. The molecule has 2 aromatic carbocycles. The van der Waals surface area contributed by atoms with Crippen molar-refractivity contribution in [3.63, 3.8) is 0 Å². The van der Waals surface area contributed by atoms with E-state index >= 15 is 0 Å². The van der Waals surface area contributed by atoms with Gasteiger partial charge in [-0.25, -0.2) is 0 Å². The molecule has 0 aliphatic rings. The molecule has 0 N–H and O–H groups in total. The lowest BCUT2D eigenvalue weighted by molar-refractivity contribution is 1.23. The second kappa shape index (κ2) is 5.87. The second-order valence-corrected chi connectivity index (χ2v) is 4.01. The lowest BCUT2D eigenvalue weighted by Gasteiger charge is -1.97. The molecule has 0 saturated carbocycles. The van der Waals surface area contributed by atoms with Crippen molar-refractivity contribution >= 4 is 47.2 Å². The van der Waals surface area contributed by atoms with E-state index in [1.165, 1.54) is 16.5 Å². The van der Waals surface area contributed by atoms with Crippen molar-refractivity contribution in [2.24, 2.45) is 0 Å². The zero-order chi connectivity index (χ0) is 11.5. The van der Waals surface area contributed by atoms with Crippen molar-refractivity contribution in [2.45, 2.75) is 0 Å². The molecule has 0 aliphatic heterocycles. The first-order chi connectivity index (χ1) is 8.43. The van der Waals surface area contributed by atoms with Crippen molar-refractivity contribution < 1.29 is 0 Å². The Hall–Kier alpha value is -1.55. The Bertz CT molecular complexity index is 653. The zero-order valence-corrected chi connectivity index (χ0v) is 12.2. The molecule has 0 saturated heterocycles. The largest absolute Gasteiger partial charge is 0.323 e. The van der Waals surface area contributed by atoms with Crippen molar-refractivity contribution in [1.82, 2.24) is 4.57 Å². The molecule has 3 aromatic rings. The van der Waals surface area contributed by atoms with Gasteiger partial charge in [-0.05, 0) is 29.2 Å². The van der Waals surface area contributed by atoms with Crippen LogP contribution in [-0.4, -0.2) is 4.57 Å². The van der Waals surface area contributed by atoms with E-state index in [4.69, 9.17) is 0 Å². The van der Waals surface area contributed by atoms with Gasteiger partial charge < -0.3 is 4.57 Å². The van der Waals surface area contributed by atoms with Gasteiger partial charge in [0.2, 0.25) is 0 Å². The molecule has 1 heterocycles. The van der Waals surface area contributed by atoms with Crippen molar-refractivity contribution in [3.05, 3.63) is 72.4 Å². The summed E-state index contributed by atoms with van der Waals surface area (Å²) in [6.07, 6.45) is 6.30. The number of hydrogen-bond donors (Lipinski definition) is 0. The molecule has 0 fully saturated rings. The Labute approximate surface area is 124 Å². The van der Waals surface area contributed by atoms with E-state index in [2.05, 4.69) is 65.5 Å². The fourth-order valence-corrected chi connectivity index (χ4v) is 1.97. The lowest BCUT2D eigenvalue weighted by atomic mass is 10.2. The first kappa shape index (κ1) is 12.9. The van der Waals surface area contributed by atoms with E-state index in [0.29, 0.717) is 0 Å². The predicted molar refractivity (Wildman–Crippen MR) is 89.0 cm³/mol. The van der Waals surface area contributed by atoms with Gasteiger partial charge >= 0.3 is 0 Å². The summed E-state index contributed by atoms with van der Waals surface area (Å²) in [5.74, 6) is 0. The summed E-state index contributed by atoms with van der Waals surface area (Å²) < 4.78 is 2.14. The van der Waals surface area contributed by atoms with Gasteiger partial charge in [0.15, 0.2) is 0 Å². The minimum Gasteiger partial charge on any atom is -0.323 e. The molecule has 90 valence electrons. The van der Waals surface area contributed by atoms with Crippen molar-refractivity contribution in [3.8, 4) is 0 Å². The van der Waals surface area contributed by atoms with Crippen LogP contribution in [0.25, 0.3) is 23.2 Å². The molecule has 3 rings (SSSR count). The quantitative estimate of drug-likeness (QED) is 0.582. The van der Waals surface area contributed by atoms with Crippen LogP contribution in [0.15, 0.2) is 66.9 Å². The average molecular weight is 347 g/mol. The number of hydrogen-bond acceptors (Lipinski definition) is 0. The van der Waals surface area contributed by atoms with Crippen LogP contribution in [0.4, 0.5) is 0 Å². The molecule has 2 heteroatoms. The van der Waals surface area contributed by atoms with Gasteiger partial charge in [-0.15, -0.1) is 24.0 Å². The van der Waals surface area contributed by atoms with Crippen LogP contribution in [0.3, 0.4) is 0 Å². The zero-order valence-electron chi connectivity index (χ0n) is 9.86. The summed E-state index contributed by atoms with van der Waals surface area (Å²) >= 11 is 0. The summed E-state index contributed by atoms with van der Waals surface area (Å²) in [5, 5.41) is 1.27. The molecule has 18 heavy (non-hydrogen) atoms. The molecule has 1 nitrogen and oxygen atoms in total. The Morgan fingerprint density at radius 2 is 1.50 bits per heavy atom. The number of fused-ring (bicyclic) bond motifs is 1. The highest BCUT2D eigenvalue weighted by Crippen LogP contribution is 2.16. The molecular weight excluding hydrogens is 333 g/mol. The van der Waals surface area contributed by atoms with Gasteiger partial charge in [0.1, 0.15) is 0 Å². The summed E-state index contributed by atoms with van der Waals surface area (Å²) in [5.41, 5.74) is 2.45. The number of rotatable bonds is 2. The van der Waals surface area contributed by atoms with Crippen LogP contribution in [0.2, 0.25) is 0 Å². The summed E-state index contributed by atoms with van der Waals surface area (Å²) in [7, 11) is 0. The van der Waals surface area contributed by atoms with E-state index in [1.807, 2.05) is 18.2 Å². The maximum Gasteiger partial charge on any atom is 0.0522 e. The number of halogens is 1. The fourth-order valence-electron chi connectivity index (χ4n) is 1.97. The van der Waals surface area contributed by atoms with Gasteiger partial charge in [0.25, 0.3) is 0 Å². The van der Waals surface area contributed by atoms with Crippen molar-refractivity contribution in [1.29, 1.82) is 0 Å². The highest BCUT2D eigenvalue weighted by molar-refractivity contribution is 14.0. The third kappa shape index (κ3) is 2.64. The normalized spacial score (nSPS) is 10.7. The molecule has 0 aliphatic carbocycles. The lowest BCUT2D eigenvalue weighted by Crippen LogP contribution is -1.81. The smallest absolute Gasteiger partial charge is 0.0522 e. The minimum absolute atomic E-state index is 0. The maximum atomic E-state index is 2.14. The third-order valence-electron chi connectivity index (χ3n) is 2.86. The standard InChI is InChI=1S/C16H13N.HI/c1-2-6-14(7-3-1)10-12-17-13-11-15-8-4-5-9-16(15)17;/h1-13H;1H. The Kier molecular flexibility index (Phi) is 4.20. The summed E-state index contributed by atoms with van der Waals surface area (Å²) in [6.45, 7) is 0. The third-order valence-corrected chi connectivity index (χ3v) is 2.86. The molecule has 0 spiro atoms. The van der Waals surface area contributed by atoms with E-state index in [-0.39, 0.29) is 24.0 Å². The van der Waals surface area contributed by atoms with Crippen LogP contribution in [0, 0.1) is 0 Å². The topological polar surface area (TPSA) is 4.93 Å². The Morgan fingerprint density at radius 1 is 0.778 bits per heavy atom. The van der Waals surface area contributed by atoms with Crippen molar-refractivity contribution in [2.75, 3.05) is 0 Å². The van der Waals surface area contributed by atoms with Crippen LogP contribution in [-0.2, 0) is 0 Å². The summed E-state index contributed by atoms with van der Waals surface area (Å²) in [4.78, 5) is 0. The fraction of sp³-hybridized carbons (Fsp3) is 0. The molecule has 0 radical (unpaired) electrons. The Balaban J connectivity index is 0.00000120. The van der Waals surface area contributed by atoms with Crippen LogP contribution in [0.5, 0.6) is 0 Å². The van der Waals surface area contributed by atoms with E-state index in [1.54, 1.807) is 0 Å². The molecule has 1 aromatic heterocycles. The predicted octanol–water partition coefficient (Wildman–Crippen LogP) is 4.89. The van der Waals surface area contributed by atoms with E-state index < -0.39 is 0 Å². The number of para-hydroxylation sites is 1. The monoisotopic (exact) mass is 347 g/mol. The van der Waals surface area contributed by atoms with Gasteiger partial charge in [0.05, 0.1) is 5.52 Å². The van der Waals surface area contributed by atoms with Gasteiger partial charge in [0, 0.05) is 12.4 Å².